The van der Waals surface area contributed by atoms with Crippen molar-refractivity contribution in [2.45, 2.75) is 19.8 Å². The molecule has 16 heavy (non-hydrogen) atoms. The maximum absolute atomic E-state index is 5.38. The van der Waals surface area contributed by atoms with Crippen LogP contribution in [0.25, 0.3) is 0 Å². The van der Waals surface area contributed by atoms with Crippen molar-refractivity contribution in [2.24, 2.45) is 5.41 Å². The van der Waals surface area contributed by atoms with Gasteiger partial charge in [-0.2, -0.15) is 0 Å². The SMILES string of the molecule is CC1(CNc2cc(Br)ncn2)CCOCC1. The summed E-state index contributed by atoms with van der Waals surface area (Å²) < 4.78 is 6.18. The van der Waals surface area contributed by atoms with Gasteiger partial charge in [-0.05, 0) is 34.2 Å². The lowest BCUT2D eigenvalue weighted by Crippen LogP contribution is -2.33. The molecule has 2 heterocycles. The van der Waals surface area contributed by atoms with Crippen molar-refractivity contribution in [3.05, 3.63) is 17.0 Å². The molecule has 5 heteroatoms. The number of aromatic nitrogens is 2. The Bertz CT molecular complexity index is 353. The summed E-state index contributed by atoms with van der Waals surface area (Å²) in [7, 11) is 0. The summed E-state index contributed by atoms with van der Waals surface area (Å²) in [6, 6.07) is 1.89. The molecule has 0 bridgehead atoms. The first-order valence-corrected chi connectivity index (χ1v) is 6.26. The van der Waals surface area contributed by atoms with Crippen molar-refractivity contribution >= 4 is 21.7 Å². The van der Waals surface area contributed by atoms with Crippen LogP contribution in [-0.4, -0.2) is 29.7 Å². The zero-order valence-electron chi connectivity index (χ0n) is 9.37. The molecule has 1 aromatic heterocycles. The third-order valence-corrected chi connectivity index (χ3v) is 3.46. The van der Waals surface area contributed by atoms with Gasteiger partial charge in [0.1, 0.15) is 16.7 Å². The quantitative estimate of drug-likeness (QED) is 0.867. The van der Waals surface area contributed by atoms with Crippen molar-refractivity contribution in [3.63, 3.8) is 0 Å². The highest BCUT2D eigenvalue weighted by Gasteiger charge is 2.27. The molecule has 1 fully saturated rings. The van der Waals surface area contributed by atoms with E-state index in [4.69, 9.17) is 4.74 Å². The van der Waals surface area contributed by atoms with E-state index in [2.05, 4.69) is 38.1 Å². The van der Waals surface area contributed by atoms with Crippen LogP contribution in [0.5, 0.6) is 0 Å². The molecule has 1 aromatic rings. The average Bonchev–Trinajstić information content (AvgIpc) is 2.28. The smallest absolute Gasteiger partial charge is 0.130 e. The topological polar surface area (TPSA) is 47.0 Å². The molecule has 0 aromatic carbocycles. The molecule has 0 unspecified atom stereocenters. The van der Waals surface area contributed by atoms with Crippen molar-refractivity contribution in [2.75, 3.05) is 25.1 Å². The summed E-state index contributed by atoms with van der Waals surface area (Å²) in [5, 5.41) is 3.36. The van der Waals surface area contributed by atoms with E-state index in [9.17, 15) is 0 Å². The van der Waals surface area contributed by atoms with E-state index in [1.807, 2.05) is 6.07 Å². The van der Waals surface area contributed by atoms with E-state index in [-0.39, 0.29) is 0 Å². The fraction of sp³-hybridized carbons (Fsp3) is 0.636. The monoisotopic (exact) mass is 285 g/mol. The van der Waals surface area contributed by atoms with Crippen LogP contribution >= 0.6 is 15.9 Å². The van der Waals surface area contributed by atoms with Gasteiger partial charge in [-0.3, -0.25) is 0 Å². The van der Waals surface area contributed by atoms with Gasteiger partial charge in [0.25, 0.3) is 0 Å². The molecule has 0 aliphatic carbocycles. The first-order chi connectivity index (χ1) is 7.68. The Kier molecular flexibility index (Phi) is 3.76. The van der Waals surface area contributed by atoms with Gasteiger partial charge in [-0.1, -0.05) is 6.92 Å². The second-order valence-electron chi connectivity index (χ2n) is 4.50. The summed E-state index contributed by atoms with van der Waals surface area (Å²) in [5.74, 6) is 0.870. The number of hydrogen-bond acceptors (Lipinski definition) is 4. The lowest BCUT2D eigenvalue weighted by Gasteiger charge is -2.33. The molecule has 1 N–H and O–H groups in total. The molecule has 0 radical (unpaired) electrons. The Balaban J connectivity index is 1.91. The van der Waals surface area contributed by atoms with Gasteiger partial charge in [-0.15, -0.1) is 0 Å². The first-order valence-electron chi connectivity index (χ1n) is 5.47. The summed E-state index contributed by atoms with van der Waals surface area (Å²) in [6.45, 7) is 4.95. The summed E-state index contributed by atoms with van der Waals surface area (Å²) in [4.78, 5) is 8.17. The Morgan fingerprint density at radius 2 is 2.19 bits per heavy atom. The fourth-order valence-electron chi connectivity index (χ4n) is 1.78. The number of anilines is 1. The van der Waals surface area contributed by atoms with Crippen molar-refractivity contribution in [1.29, 1.82) is 0 Å². The maximum Gasteiger partial charge on any atom is 0.130 e. The minimum absolute atomic E-state index is 0.315. The highest BCUT2D eigenvalue weighted by atomic mass is 79.9. The van der Waals surface area contributed by atoms with Crippen LogP contribution < -0.4 is 5.32 Å². The molecular weight excluding hydrogens is 270 g/mol. The van der Waals surface area contributed by atoms with Gasteiger partial charge in [0, 0.05) is 25.8 Å². The summed E-state index contributed by atoms with van der Waals surface area (Å²) >= 11 is 3.33. The van der Waals surface area contributed by atoms with Crippen molar-refractivity contribution in [1.82, 2.24) is 9.97 Å². The van der Waals surface area contributed by atoms with Crippen molar-refractivity contribution < 1.29 is 4.74 Å². The lowest BCUT2D eigenvalue weighted by molar-refractivity contribution is 0.0300. The van der Waals surface area contributed by atoms with Crippen LogP contribution in [0.3, 0.4) is 0 Å². The fourth-order valence-corrected chi connectivity index (χ4v) is 2.08. The molecule has 1 aliphatic heterocycles. The Hall–Kier alpha value is -0.680. The van der Waals surface area contributed by atoms with Gasteiger partial charge in [0.05, 0.1) is 0 Å². The van der Waals surface area contributed by atoms with E-state index in [0.717, 1.165) is 43.0 Å². The number of nitrogens with one attached hydrogen (secondary N) is 1. The number of rotatable bonds is 3. The molecule has 0 saturated carbocycles. The van der Waals surface area contributed by atoms with Gasteiger partial charge >= 0.3 is 0 Å². The summed E-state index contributed by atoms with van der Waals surface area (Å²) in [5.41, 5.74) is 0.315. The second-order valence-corrected chi connectivity index (χ2v) is 5.32. The molecule has 0 atom stereocenters. The molecule has 4 nitrogen and oxygen atoms in total. The van der Waals surface area contributed by atoms with Gasteiger partial charge in [0.15, 0.2) is 0 Å². The number of halogens is 1. The first kappa shape index (κ1) is 11.8. The second kappa shape index (κ2) is 5.10. The maximum atomic E-state index is 5.38. The number of nitrogens with zero attached hydrogens (tertiary/aromatic N) is 2. The van der Waals surface area contributed by atoms with E-state index in [1.54, 1.807) is 6.33 Å². The minimum atomic E-state index is 0.315. The molecule has 1 aliphatic rings. The zero-order chi connectivity index (χ0) is 11.4. The molecule has 0 spiro atoms. The Morgan fingerprint density at radius 1 is 1.44 bits per heavy atom. The lowest BCUT2D eigenvalue weighted by atomic mass is 9.82. The largest absolute Gasteiger partial charge is 0.381 e. The van der Waals surface area contributed by atoms with Crippen LogP contribution in [0.15, 0.2) is 17.0 Å². The van der Waals surface area contributed by atoms with Crippen LogP contribution in [0, 0.1) is 5.41 Å². The normalized spacial score (nSPS) is 19.4. The predicted molar refractivity (Wildman–Crippen MR) is 66.4 cm³/mol. The molecule has 0 amide bonds. The Labute approximate surface area is 104 Å². The summed E-state index contributed by atoms with van der Waals surface area (Å²) in [6.07, 6.45) is 3.76. The standard InChI is InChI=1S/C11H16BrN3O/c1-11(2-4-16-5-3-11)7-13-10-6-9(12)14-8-15-10/h6,8H,2-5,7H2,1H3,(H,13,14,15). The van der Waals surface area contributed by atoms with Gasteiger partial charge in [0.2, 0.25) is 0 Å². The Morgan fingerprint density at radius 3 is 2.88 bits per heavy atom. The average molecular weight is 286 g/mol. The van der Waals surface area contributed by atoms with Crippen LogP contribution in [0.4, 0.5) is 5.82 Å². The van der Waals surface area contributed by atoms with Crippen LogP contribution in [0.2, 0.25) is 0 Å². The van der Waals surface area contributed by atoms with Crippen LogP contribution in [0.1, 0.15) is 19.8 Å². The van der Waals surface area contributed by atoms with Crippen LogP contribution in [-0.2, 0) is 4.74 Å². The van der Waals surface area contributed by atoms with Gasteiger partial charge in [-0.25, -0.2) is 9.97 Å². The third-order valence-electron chi connectivity index (χ3n) is 3.03. The zero-order valence-corrected chi connectivity index (χ0v) is 11.0. The third kappa shape index (κ3) is 3.15. The molecule has 1 saturated heterocycles. The van der Waals surface area contributed by atoms with E-state index in [0.29, 0.717) is 5.41 Å². The van der Waals surface area contributed by atoms with E-state index in [1.165, 1.54) is 0 Å². The number of ether oxygens (including phenoxy) is 1. The number of hydrogen-bond donors (Lipinski definition) is 1. The van der Waals surface area contributed by atoms with E-state index >= 15 is 0 Å². The highest BCUT2D eigenvalue weighted by molar-refractivity contribution is 9.10. The molecular formula is C11H16BrN3O. The van der Waals surface area contributed by atoms with Crippen molar-refractivity contribution in [3.8, 4) is 0 Å². The van der Waals surface area contributed by atoms with Gasteiger partial charge < -0.3 is 10.1 Å². The highest BCUT2D eigenvalue weighted by Crippen LogP contribution is 2.29. The van der Waals surface area contributed by atoms with E-state index < -0.39 is 0 Å². The minimum Gasteiger partial charge on any atom is -0.381 e. The predicted octanol–water partition coefficient (Wildman–Crippen LogP) is 2.47. The molecule has 88 valence electrons. The molecule has 2 rings (SSSR count).